The van der Waals surface area contributed by atoms with Gasteiger partial charge in [0.25, 0.3) is 8.32 Å². The molecule has 0 heterocycles. The zero-order valence-electron chi connectivity index (χ0n) is 24.0. The van der Waals surface area contributed by atoms with E-state index in [1.54, 1.807) is 0 Å². The van der Waals surface area contributed by atoms with Crippen molar-refractivity contribution in [3.63, 3.8) is 0 Å². The lowest BCUT2D eigenvalue weighted by Gasteiger charge is -2.48. The number of hydrogen-bond acceptors (Lipinski definition) is 2. The van der Waals surface area contributed by atoms with Crippen molar-refractivity contribution < 1.29 is 8.85 Å². The van der Waals surface area contributed by atoms with E-state index in [9.17, 15) is 0 Å². The zero-order valence-corrected chi connectivity index (χ0v) is 26.0. The summed E-state index contributed by atoms with van der Waals surface area (Å²) in [5, 5.41) is 2.77. The maximum atomic E-state index is 7.75. The molecule has 0 spiro atoms. The first-order valence-corrected chi connectivity index (χ1v) is 18.9. The molecule has 0 saturated heterocycles. The number of ether oxygens (including phenoxy) is 1. The molecule has 0 radical (unpaired) electrons. The normalized spacial score (nSPS) is 22.8. The van der Waals surface area contributed by atoms with Gasteiger partial charge in [-0.2, -0.15) is 0 Å². The summed E-state index contributed by atoms with van der Waals surface area (Å²) in [6.07, 6.45) is 2.35. The quantitative estimate of drug-likeness (QED) is 0.268. The molecule has 1 aliphatic rings. The third-order valence-corrected chi connectivity index (χ3v) is 17.9. The van der Waals surface area contributed by atoms with Crippen molar-refractivity contribution >= 4 is 27.0 Å². The SMILES string of the molecule is COC[C@]1(c2ccccc2)C[C@H](C[Si](C)(C)O[Si](c2ccccc2)(c2ccccc2)C(C)(C)C)[C@@H](C)C1. The van der Waals surface area contributed by atoms with E-state index in [4.69, 9.17) is 8.85 Å². The second-order valence-electron chi connectivity index (χ2n) is 13.0. The molecule has 0 amide bonds. The number of rotatable bonds is 9. The van der Waals surface area contributed by atoms with Crippen LogP contribution in [-0.4, -0.2) is 30.4 Å². The fraction of sp³-hybridized carbons (Fsp3) is 0.455. The van der Waals surface area contributed by atoms with Crippen molar-refractivity contribution in [2.24, 2.45) is 11.8 Å². The molecule has 4 rings (SSSR count). The third-order valence-electron chi connectivity index (χ3n) is 8.58. The van der Waals surface area contributed by atoms with Gasteiger partial charge in [0.05, 0.1) is 6.61 Å². The first kappa shape index (κ1) is 28.0. The van der Waals surface area contributed by atoms with Gasteiger partial charge in [0.15, 0.2) is 8.32 Å². The smallest absolute Gasteiger partial charge is 0.250 e. The summed E-state index contributed by atoms with van der Waals surface area (Å²) in [5.74, 6) is 1.28. The van der Waals surface area contributed by atoms with Crippen LogP contribution in [0.15, 0.2) is 91.0 Å². The minimum atomic E-state index is -2.56. The summed E-state index contributed by atoms with van der Waals surface area (Å²) < 4.78 is 13.6. The molecule has 3 aromatic carbocycles. The Bertz CT molecular complexity index is 1090. The molecule has 0 N–H and O–H groups in total. The predicted molar refractivity (Wildman–Crippen MR) is 163 cm³/mol. The molecule has 1 fully saturated rings. The van der Waals surface area contributed by atoms with Crippen LogP contribution in [0.25, 0.3) is 0 Å². The number of methoxy groups -OCH3 is 1. The van der Waals surface area contributed by atoms with Gasteiger partial charge < -0.3 is 8.85 Å². The highest BCUT2D eigenvalue weighted by Gasteiger charge is 2.54. The number of hydrogen-bond donors (Lipinski definition) is 0. The van der Waals surface area contributed by atoms with Gasteiger partial charge >= 0.3 is 0 Å². The Morgan fingerprint density at radius 3 is 1.73 bits per heavy atom. The van der Waals surface area contributed by atoms with Crippen LogP contribution in [0.3, 0.4) is 0 Å². The van der Waals surface area contributed by atoms with Crippen molar-refractivity contribution in [3.8, 4) is 0 Å². The summed E-state index contributed by atoms with van der Waals surface area (Å²) in [6, 6.07) is 34.5. The first-order chi connectivity index (χ1) is 17.5. The van der Waals surface area contributed by atoms with Crippen LogP contribution < -0.4 is 10.4 Å². The average molecular weight is 531 g/mol. The lowest BCUT2D eigenvalue weighted by molar-refractivity contribution is 0.128. The number of benzene rings is 3. The van der Waals surface area contributed by atoms with Crippen LogP contribution >= 0.6 is 0 Å². The summed E-state index contributed by atoms with van der Waals surface area (Å²) in [5.41, 5.74) is 1.53. The molecule has 2 nitrogen and oxygen atoms in total. The zero-order chi connectivity index (χ0) is 26.7. The molecule has 3 aromatic rings. The molecule has 0 bridgehead atoms. The maximum Gasteiger partial charge on any atom is 0.250 e. The van der Waals surface area contributed by atoms with E-state index in [-0.39, 0.29) is 10.5 Å². The summed E-state index contributed by atoms with van der Waals surface area (Å²) in [7, 11) is -2.79. The first-order valence-electron chi connectivity index (χ1n) is 13.9. The molecule has 0 aromatic heterocycles. The highest BCUT2D eigenvalue weighted by molar-refractivity contribution is 7.04. The fourth-order valence-corrected chi connectivity index (χ4v) is 18.1. The van der Waals surface area contributed by atoms with Crippen molar-refractivity contribution in [1.82, 2.24) is 0 Å². The molecule has 4 heteroatoms. The molecule has 37 heavy (non-hydrogen) atoms. The van der Waals surface area contributed by atoms with Gasteiger partial charge in [-0.3, -0.25) is 0 Å². The summed E-state index contributed by atoms with van der Waals surface area (Å²) in [4.78, 5) is 0. The lowest BCUT2D eigenvalue weighted by Crippen LogP contribution is -2.70. The van der Waals surface area contributed by atoms with Crippen LogP contribution in [0.5, 0.6) is 0 Å². The van der Waals surface area contributed by atoms with E-state index in [1.165, 1.54) is 34.8 Å². The Morgan fingerprint density at radius 2 is 1.27 bits per heavy atom. The topological polar surface area (TPSA) is 18.5 Å². The third kappa shape index (κ3) is 5.73. The Morgan fingerprint density at radius 1 is 0.784 bits per heavy atom. The standard InChI is InChI=1S/C33H46O2Si2/c1-27-23-33(26-34-5,29-17-11-8-12-18-29)24-28(27)25-36(6,7)35-37(32(2,3)4,30-19-13-9-14-20-30)31-21-15-10-16-22-31/h8-22,27-28H,23-26H2,1-7H3/t27-,28+,33+/m0/s1. The Labute approximate surface area is 227 Å². The van der Waals surface area contributed by atoms with E-state index >= 15 is 0 Å². The van der Waals surface area contributed by atoms with Crippen molar-refractivity contribution in [2.45, 2.75) is 70.1 Å². The molecular formula is C33H46O2Si2. The Balaban J connectivity index is 1.69. The Kier molecular flexibility index (Phi) is 8.35. The van der Waals surface area contributed by atoms with Crippen LogP contribution in [0.4, 0.5) is 0 Å². The molecule has 3 atom stereocenters. The van der Waals surface area contributed by atoms with Crippen molar-refractivity contribution in [2.75, 3.05) is 13.7 Å². The highest BCUT2D eigenvalue weighted by atomic mass is 28.4. The van der Waals surface area contributed by atoms with Gasteiger partial charge in [0.1, 0.15) is 0 Å². The predicted octanol–water partition coefficient (Wildman–Crippen LogP) is 7.40. The minimum Gasteiger partial charge on any atom is -0.449 e. The van der Waals surface area contributed by atoms with Gasteiger partial charge in [-0.1, -0.05) is 119 Å². The largest absolute Gasteiger partial charge is 0.449 e. The van der Waals surface area contributed by atoms with Gasteiger partial charge in [-0.15, -0.1) is 0 Å². The van der Waals surface area contributed by atoms with Crippen molar-refractivity contribution in [1.29, 1.82) is 0 Å². The van der Waals surface area contributed by atoms with E-state index in [2.05, 4.69) is 132 Å². The van der Waals surface area contributed by atoms with E-state index in [0.29, 0.717) is 11.8 Å². The van der Waals surface area contributed by atoms with Gasteiger partial charge in [0.2, 0.25) is 0 Å². The van der Waals surface area contributed by atoms with Crippen LogP contribution in [-0.2, 0) is 14.3 Å². The molecule has 0 unspecified atom stereocenters. The van der Waals surface area contributed by atoms with E-state index in [1.807, 2.05) is 7.11 Å². The van der Waals surface area contributed by atoms with Crippen LogP contribution in [0, 0.1) is 11.8 Å². The highest BCUT2D eigenvalue weighted by Crippen LogP contribution is 2.51. The monoisotopic (exact) mass is 530 g/mol. The van der Waals surface area contributed by atoms with Crippen molar-refractivity contribution in [3.05, 3.63) is 96.6 Å². The van der Waals surface area contributed by atoms with Crippen LogP contribution in [0.2, 0.25) is 24.2 Å². The maximum absolute atomic E-state index is 7.75. The molecule has 0 aliphatic heterocycles. The summed E-state index contributed by atoms with van der Waals surface area (Å²) in [6.45, 7) is 15.4. The second-order valence-corrected chi connectivity index (χ2v) is 21.7. The van der Waals surface area contributed by atoms with E-state index in [0.717, 1.165) is 6.61 Å². The fourth-order valence-electron chi connectivity index (χ4n) is 7.08. The summed E-state index contributed by atoms with van der Waals surface area (Å²) >= 11 is 0. The van der Waals surface area contributed by atoms with Gasteiger partial charge in [0, 0.05) is 12.5 Å². The van der Waals surface area contributed by atoms with E-state index < -0.39 is 16.6 Å². The molecule has 1 aliphatic carbocycles. The molecule has 1 saturated carbocycles. The van der Waals surface area contributed by atoms with Crippen LogP contribution in [0.1, 0.15) is 46.1 Å². The average Bonchev–Trinajstić information content (AvgIpc) is 3.18. The molecule has 198 valence electrons. The van der Waals surface area contributed by atoms with Gasteiger partial charge in [-0.25, -0.2) is 0 Å². The molecular weight excluding hydrogens is 485 g/mol. The second kappa shape index (κ2) is 11.0. The minimum absolute atomic E-state index is 0.00508. The lowest BCUT2D eigenvalue weighted by atomic mass is 9.78. The Hall–Kier alpha value is -1.99. The van der Waals surface area contributed by atoms with Gasteiger partial charge in [-0.05, 0) is 64.8 Å².